The van der Waals surface area contributed by atoms with Crippen molar-refractivity contribution in [2.75, 3.05) is 13.7 Å². The molecule has 19 heavy (non-hydrogen) atoms. The van der Waals surface area contributed by atoms with Crippen molar-refractivity contribution >= 4 is 11.6 Å². The summed E-state index contributed by atoms with van der Waals surface area (Å²) < 4.78 is 5.57. The first-order valence-corrected chi connectivity index (χ1v) is 6.49. The smallest absolute Gasteiger partial charge is 0.232 e. The first-order valence-electron chi connectivity index (χ1n) is 6.11. The fourth-order valence-electron chi connectivity index (χ4n) is 1.67. The molecule has 2 rings (SSSR count). The minimum atomic E-state index is 0.470. The van der Waals surface area contributed by atoms with Crippen molar-refractivity contribution in [2.24, 2.45) is 0 Å². The lowest BCUT2D eigenvalue weighted by Crippen LogP contribution is -2.07. The van der Waals surface area contributed by atoms with E-state index in [1.165, 1.54) is 0 Å². The Morgan fingerprint density at radius 1 is 1.32 bits per heavy atom. The number of halogens is 1. The average Bonchev–Trinajstić information content (AvgIpc) is 2.43. The van der Waals surface area contributed by atoms with Crippen LogP contribution in [0.15, 0.2) is 36.7 Å². The van der Waals surface area contributed by atoms with Gasteiger partial charge in [0.1, 0.15) is 5.02 Å². The third-order valence-electron chi connectivity index (χ3n) is 2.57. The van der Waals surface area contributed by atoms with Crippen LogP contribution < -0.4 is 10.1 Å². The standard InChI is InChI=1S/C14H16ClN3O/c1-16-9-11-8-13(15)14(18-10-11)19-7-5-12-4-2-3-6-17-12/h2-4,6,8,10,16H,5,7,9H2,1H3. The van der Waals surface area contributed by atoms with Crippen molar-refractivity contribution in [2.45, 2.75) is 13.0 Å². The first-order chi connectivity index (χ1) is 9.29. The second-order valence-electron chi connectivity index (χ2n) is 4.08. The first kappa shape index (κ1) is 13.8. The van der Waals surface area contributed by atoms with Gasteiger partial charge in [-0.25, -0.2) is 4.98 Å². The molecular formula is C14H16ClN3O. The Hall–Kier alpha value is -1.65. The normalized spacial score (nSPS) is 10.4. The minimum absolute atomic E-state index is 0.470. The number of nitrogens with zero attached hydrogens (tertiary/aromatic N) is 2. The lowest BCUT2D eigenvalue weighted by molar-refractivity contribution is 0.308. The molecule has 0 amide bonds. The monoisotopic (exact) mass is 277 g/mol. The fourth-order valence-corrected chi connectivity index (χ4v) is 1.91. The Labute approximate surface area is 117 Å². The molecule has 0 aliphatic heterocycles. The molecular weight excluding hydrogens is 262 g/mol. The van der Waals surface area contributed by atoms with Gasteiger partial charge >= 0.3 is 0 Å². The molecule has 0 saturated carbocycles. The lowest BCUT2D eigenvalue weighted by atomic mass is 10.3. The van der Waals surface area contributed by atoms with Gasteiger partial charge in [-0.1, -0.05) is 17.7 Å². The van der Waals surface area contributed by atoms with Crippen LogP contribution >= 0.6 is 11.6 Å². The molecule has 0 bridgehead atoms. The molecule has 2 aromatic heterocycles. The molecule has 0 radical (unpaired) electrons. The van der Waals surface area contributed by atoms with E-state index < -0.39 is 0 Å². The van der Waals surface area contributed by atoms with E-state index in [4.69, 9.17) is 16.3 Å². The van der Waals surface area contributed by atoms with E-state index in [1.807, 2.05) is 31.3 Å². The van der Waals surface area contributed by atoms with Crippen molar-refractivity contribution in [3.8, 4) is 5.88 Å². The number of nitrogens with one attached hydrogen (secondary N) is 1. The molecule has 0 unspecified atom stereocenters. The largest absolute Gasteiger partial charge is 0.476 e. The van der Waals surface area contributed by atoms with Gasteiger partial charge in [0.05, 0.1) is 6.61 Å². The summed E-state index contributed by atoms with van der Waals surface area (Å²) in [5.41, 5.74) is 2.02. The lowest BCUT2D eigenvalue weighted by Gasteiger charge is -2.08. The van der Waals surface area contributed by atoms with Crippen molar-refractivity contribution in [1.29, 1.82) is 0 Å². The molecule has 0 spiro atoms. The molecule has 2 heterocycles. The zero-order valence-corrected chi connectivity index (χ0v) is 11.5. The van der Waals surface area contributed by atoms with Gasteiger partial charge in [0.2, 0.25) is 5.88 Å². The summed E-state index contributed by atoms with van der Waals surface area (Å²) in [5.74, 6) is 0.470. The van der Waals surface area contributed by atoms with Crippen LogP contribution in [-0.4, -0.2) is 23.6 Å². The topological polar surface area (TPSA) is 47.0 Å². The number of hydrogen-bond acceptors (Lipinski definition) is 4. The molecule has 0 aliphatic rings. The number of hydrogen-bond donors (Lipinski definition) is 1. The van der Waals surface area contributed by atoms with Crippen LogP contribution in [0, 0.1) is 0 Å². The second-order valence-corrected chi connectivity index (χ2v) is 4.49. The Balaban J connectivity index is 1.89. The molecule has 4 nitrogen and oxygen atoms in total. The SMILES string of the molecule is CNCc1cnc(OCCc2ccccn2)c(Cl)c1. The Kier molecular flexibility index (Phi) is 5.12. The van der Waals surface area contributed by atoms with Gasteiger partial charge in [-0.3, -0.25) is 4.98 Å². The predicted octanol–water partition coefficient (Wildman–Crippen LogP) is 2.47. The van der Waals surface area contributed by atoms with Crippen molar-refractivity contribution in [1.82, 2.24) is 15.3 Å². The quantitative estimate of drug-likeness (QED) is 0.881. The van der Waals surface area contributed by atoms with E-state index >= 15 is 0 Å². The molecule has 0 aliphatic carbocycles. The number of rotatable bonds is 6. The highest BCUT2D eigenvalue weighted by Gasteiger charge is 2.05. The van der Waals surface area contributed by atoms with Gasteiger partial charge in [0.25, 0.3) is 0 Å². The highest BCUT2D eigenvalue weighted by molar-refractivity contribution is 6.31. The average molecular weight is 278 g/mol. The van der Waals surface area contributed by atoms with E-state index in [-0.39, 0.29) is 0 Å². The van der Waals surface area contributed by atoms with Crippen LogP contribution in [0.5, 0.6) is 5.88 Å². The molecule has 0 aromatic carbocycles. The van der Waals surface area contributed by atoms with E-state index in [1.54, 1.807) is 12.4 Å². The summed E-state index contributed by atoms with van der Waals surface area (Å²) in [6.45, 7) is 1.25. The summed E-state index contributed by atoms with van der Waals surface area (Å²) in [7, 11) is 1.88. The predicted molar refractivity (Wildman–Crippen MR) is 75.4 cm³/mol. The molecule has 5 heteroatoms. The van der Waals surface area contributed by atoms with Gasteiger partial charge in [-0.15, -0.1) is 0 Å². The number of aromatic nitrogens is 2. The Morgan fingerprint density at radius 3 is 2.89 bits per heavy atom. The third-order valence-corrected chi connectivity index (χ3v) is 2.84. The summed E-state index contributed by atoms with van der Waals surface area (Å²) >= 11 is 6.12. The highest BCUT2D eigenvalue weighted by Crippen LogP contribution is 2.22. The molecule has 100 valence electrons. The maximum Gasteiger partial charge on any atom is 0.232 e. The van der Waals surface area contributed by atoms with E-state index in [2.05, 4.69) is 15.3 Å². The van der Waals surface area contributed by atoms with Crippen LogP contribution in [0.4, 0.5) is 0 Å². The summed E-state index contributed by atoms with van der Waals surface area (Å²) in [6.07, 6.45) is 4.27. The molecule has 2 aromatic rings. The molecule has 0 atom stereocenters. The number of pyridine rings is 2. The summed E-state index contributed by atoms with van der Waals surface area (Å²) in [4.78, 5) is 8.44. The Morgan fingerprint density at radius 2 is 2.21 bits per heavy atom. The van der Waals surface area contributed by atoms with E-state index in [0.29, 0.717) is 17.5 Å². The van der Waals surface area contributed by atoms with Crippen LogP contribution in [0.2, 0.25) is 5.02 Å². The van der Waals surface area contributed by atoms with Gasteiger partial charge in [0.15, 0.2) is 0 Å². The van der Waals surface area contributed by atoms with Gasteiger partial charge in [-0.05, 0) is 30.8 Å². The van der Waals surface area contributed by atoms with Crippen LogP contribution in [0.1, 0.15) is 11.3 Å². The van der Waals surface area contributed by atoms with Gasteiger partial charge in [-0.2, -0.15) is 0 Å². The van der Waals surface area contributed by atoms with Crippen LogP contribution in [0.25, 0.3) is 0 Å². The molecule has 1 N–H and O–H groups in total. The zero-order chi connectivity index (χ0) is 13.5. The van der Waals surface area contributed by atoms with Crippen LogP contribution in [0.3, 0.4) is 0 Å². The minimum Gasteiger partial charge on any atom is -0.476 e. The zero-order valence-electron chi connectivity index (χ0n) is 10.8. The van der Waals surface area contributed by atoms with Gasteiger partial charge in [0, 0.05) is 31.1 Å². The Bertz CT molecular complexity index is 519. The molecule has 0 fully saturated rings. The van der Waals surface area contributed by atoms with Crippen LogP contribution in [-0.2, 0) is 13.0 Å². The summed E-state index contributed by atoms with van der Waals surface area (Å²) in [5, 5.41) is 3.58. The van der Waals surface area contributed by atoms with E-state index in [0.717, 1.165) is 24.2 Å². The molecule has 0 saturated heterocycles. The van der Waals surface area contributed by atoms with Crippen molar-refractivity contribution < 1.29 is 4.74 Å². The van der Waals surface area contributed by atoms with E-state index in [9.17, 15) is 0 Å². The fraction of sp³-hybridized carbons (Fsp3) is 0.286. The third kappa shape index (κ3) is 4.19. The highest BCUT2D eigenvalue weighted by atomic mass is 35.5. The second kappa shape index (κ2) is 7.07. The van der Waals surface area contributed by atoms with Crippen molar-refractivity contribution in [3.05, 3.63) is 52.9 Å². The summed E-state index contributed by atoms with van der Waals surface area (Å²) in [6, 6.07) is 7.68. The maximum absolute atomic E-state index is 6.12. The maximum atomic E-state index is 6.12. The number of ether oxygens (including phenoxy) is 1. The van der Waals surface area contributed by atoms with Gasteiger partial charge < -0.3 is 10.1 Å². The van der Waals surface area contributed by atoms with Crippen molar-refractivity contribution in [3.63, 3.8) is 0 Å².